The van der Waals surface area contributed by atoms with Crippen LogP contribution in [0.2, 0.25) is 0 Å². The van der Waals surface area contributed by atoms with Crippen molar-refractivity contribution in [3.8, 4) is 17.5 Å². The molecule has 3 aromatic heterocycles. The number of nitrogens with zero attached hydrogens (tertiary/aromatic N) is 6. The fourth-order valence-electron chi connectivity index (χ4n) is 2.38. The van der Waals surface area contributed by atoms with Crippen LogP contribution in [0.3, 0.4) is 0 Å². The maximum Gasteiger partial charge on any atom is 0.191 e. The van der Waals surface area contributed by atoms with Gasteiger partial charge in [0.2, 0.25) is 0 Å². The zero-order valence-corrected chi connectivity index (χ0v) is 15.9. The normalized spacial score (nSPS) is 11.9. The van der Waals surface area contributed by atoms with Gasteiger partial charge in [0, 0.05) is 35.6 Å². The van der Waals surface area contributed by atoms with Gasteiger partial charge in [-0.15, -0.1) is 21.5 Å². The molecular formula is C17H16N6OS2. The van der Waals surface area contributed by atoms with Crippen LogP contribution >= 0.6 is 23.1 Å². The number of nitriles is 1. The lowest BCUT2D eigenvalue weighted by atomic mass is 10.1. The van der Waals surface area contributed by atoms with E-state index in [-0.39, 0.29) is 11.5 Å². The quantitative estimate of drug-likeness (QED) is 0.577. The van der Waals surface area contributed by atoms with E-state index in [9.17, 15) is 10.1 Å². The average Bonchev–Trinajstić information content (AvgIpc) is 3.27. The van der Waals surface area contributed by atoms with Crippen molar-refractivity contribution >= 4 is 28.9 Å². The topological polar surface area (TPSA) is 97.3 Å². The molecule has 1 atom stereocenters. The second-order valence-corrected chi connectivity index (χ2v) is 7.26. The van der Waals surface area contributed by atoms with E-state index in [4.69, 9.17) is 0 Å². The van der Waals surface area contributed by atoms with Gasteiger partial charge in [-0.1, -0.05) is 11.8 Å². The van der Waals surface area contributed by atoms with Crippen LogP contribution < -0.4 is 0 Å². The van der Waals surface area contributed by atoms with Gasteiger partial charge in [0.25, 0.3) is 0 Å². The molecule has 26 heavy (non-hydrogen) atoms. The minimum Gasteiger partial charge on any atom is -0.302 e. The molecule has 0 aliphatic heterocycles. The summed E-state index contributed by atoms with van der Waals surface area (Å²) in [6.45, 7) is 4.52. The number of Topliss-reactive ketones (excluding diaryl/α,β-unsaturated/α-hetero) is 1. The molecule has 0 N–H and O–H groups in total. The van der Waals surface area contributed by atoms with Crippen molar-refractivity contribution < 1.29 is 4.79 Å². The lowest BCUT2D eigenvalue weighted by molar-refractivity contribution is -0.116. The molecule has 0 spiro atoms. The van der Waals surface area contributed by atoms with E-state index < -0.39 is 5.92 Å². The largest absolute Gasteiger partial charge is 0.302 e. The Morgan fingerprint density at radius 2 is 2.15 bits per heavy atom. The first kappa shape index (κ1) is 18.2. The molecule has 132 valence electrons. The molecule has 0 amide bonds. The first-order chi connectivity index (χ1) is 12.6. The summed E-state index contributed by atoms with van der Waals surface area (Å²) in [6, 6.07) is 5.80. The number of hydrogen-bond donors (Lipinski definition) is 0. The van der Waals surface area contributed by atoms with Gasteiger partial charge < -0.3 is 4.57 Å². The van der Waals surface area contributed by atoms with E-state index >= 15 is 0 Å². The molecule has 0 aliphatic rings. The summed E-state index contributed by atoms with van der Waals surface area (Å²) in [7, 11) is 0. The molecule has 0 radical (unpaired) electrons. The molecule has 0 fully saturated rings. The van der Waals surface area contributed by atoms with Gasteiger partial charge in [0.05, 0.1) is 11.8 Å². The van der Waals surface area contributed by atoms with Crippen molar-refractivity contribution in [1.29, 1.82) is 5.26 Å². The average molecular weight is 384 g/mol. The maximum absolute atomic E-state index is 12.5. The molecule has 3 rings (SSSR count). The minimum absolute atomic E-state index is 0.144. The molecule has 0 saturated carbocycles. The molecule has 0 saturated heterocycles. The Morgan fingerprint density at radius 1 is 1.38 bits per heavy atom. The van der Waals surface area contributed by atoms with E-state index in [2.05, 4.69) is 26.2 Å². The van der Waals surface area contributed by atoms with Gasteiger partial charge in [0.15, 0.2) is 22.7 Å². The van der Waals surface area contributed by atoms with Crippen molar-refractivity contribution in [2.75, 3.05) is 5.75 Å². The summed E-state index contributed by atoms with van der Waals surface area (Å²) in [4.78, 5) is 20.8. The number of thiazole rings is 1. The zero-order valence-electron chi connectivity index (χ0n) is 14.3. The smallest absolute Gasteiger partial charge is 0.191 e. The highest BCUT2D eigenvalue weighted by Crippen LogP contribution is 2.26. The van der Waals surface area contributed by atoms with E-state index in [1.165, 1.54) is 23.1 Å². The van der Waals surface area contributed by atoms with Crippen LogP contribution in [-0.4, -0.2) is 36.3 Å². The molecule has 3 heterocycles. The first-order valence-electron chi connectivity index (χ1n) is 7.94. The first-order valence-corrected chi connectivity index (χ1v) is 9.81. The highest BCUT2D eigenvalue weighted by molar-refractivity contribution is 7.99. The molecular weight excluding hydrogens is 368 g/mol. The van der Waals surface area contributed by atoms with Gasteiger partial charge in [0.1, 0.15) is 5.01 Å². The van der Waals surface area contributed by atoms with Gasteiger partial charge >= 0.3 is 0 Å². The molecule has 0 aliphatic carbocycles. The third kappa shape index (κ3) is 3.81. The number of aryl methyl sites for hydroxylation is 1. The number of aromatic nitrogens is 5. The molecule has 0 aromatic carbocycles. The van der Waals surface area contributed by atoms with Crippen molar-refractivity contribution in [3.63, 3.8) is 0 Å². The Kier molecular flexibility index (Phi) is 5.75. The third-order valence-electron chi connectivity index (χ3n) is 3.65. The third-order valence-corrected chi connectivity index (χ3v) is 5.67. The number of thioether (sulfide) groups is 1. The monoisotopic (exact) mass is 384 g/mol. The molecule has 7 nitrogen and oxygen atoms in total. The van der Waals surface area contributed by atoms with Crippen LogP contribution in [0, 0.1) is 18.3 Å². The van der Waals surface area contributed by atoms with E-state index in [1.807, 2.05) is 35.9 Å². The lowest BCUT2D eigenvalue weighted by Crippen LogP contribution is -2.13. The van der Waals surface area contributed by atoms with Crippen LogP contribution in [0.25, 0.3) is 11.4 Å². The Balaban J connectivity index is 1.74. The summed E-state index contributed by atoms with van der Waals surface area (Å²) >= 11 is 2.63. The fourth-order valence-corrected chi connectivity index (χ4v) is 4.15. The SMILES string of the molecule is CCn1c(SCC(=O)[C@@H](C#N)c2nc(C)cs2)nnc1-c1ccncc1. The predicted molar refractivity (Wildman–Crippen MR) is 99.9 cm³/mol. The van der Waals surface area contributed by atoms with Gasteiger partial charge in [-0.25, -0.2) is 4.98 Å². The number of carbonyl (C=O) groups excluding carboxylic acids is 1. The minimum atomic E-state index is -0.834. The van der Waals surface area contributed by atoms with Crippen molar-refractivity contribution in [2.24, 2.45) is 0 Å². The van der Waals surface area contributed by atoms with Crippen LogP contribution in [-0.2, 0) is 11.3 Å². The Morgan fingerprint density at radius 3 is 2.77 bits per heavy atom. The molecule has 0 bridgehead atoms. The van der Waals surface area contributed by atoms with E-state index in [1.54, 1.807) is 12.4 Å². The summed E-state index contributed by atoms with van der Waals surface area (Å²) < 4.78 is 1.95. The van der Waals surface area contributed by atoms with Crippen LogP contribution in [0.5, 0.6) is 0 Å². The second kappa shape index (κ2) is 8.21. The van der Waals surface area contributed by atoms with E-state index in [0.717, 1.165) is 17.1 Å². The fraction of sp³-hybridized carbons (Fsp3) is 0.294. The highest BCUT2D eigenvalue weighted by Gasteiger charge is 2.24. The van der Waals surface area contributed by atoms with Crippen molar-refractivity contribution in [3.05, 3.63) is 40.6 Å². The number of carbonyl (C=O) groups is 1. The number of hydrogen-bond acceptors (Lipinski definition) is 8. The van der Waals surface area contributed by atoms with Gasteiger partial charge in [-0.2, -0.15) is 5.26 Å². The summed E-state index contributed by atoms with van der Waals surface area (Å²) in [5, 5.41) is 20.8. The van der Waals surface area contributed by atoms with E-state index in [0.29, 0.717) is 16.7 Å². The van der Waals surface area contributed by atoms with Crippen molar-refractivity contribution in [2.45, 2.75) is 31.5 Å². The molecule has 0 unspecified atom stereocenters. The highest BCUT2D eigenvalue weighted by atomic mass is 32.2. The Bertz CT molecular complexity index is 944. The number of pyridine rings is 1. The lowest BCUT2D eigenvalue weighted by Gasteiger charge is -2.08. The number of rotatable bonds is 7. The Hall–Kier alpha value is -2.57. The van der Waals surface area contributed by atoms with Gasteiger partial charge in [-0.05, 0) is 26.0 Å². The predicted octanol–water partition coefficient (Wildman–Crippen LogP) is 3.09. The van der Waals surface area contributed by atoms with Crippen LogP contribution in [0.4, 0.5) is 0 Å². The van der Waals surface area contributed by atoms with Crippen LogP contribution in [0.15, 0.2) is 35.1 Å². The van der Waals surface area contributed by atoms with Crippen LogP contribution in [0.1, 0.15) is 23.5 Å². The summed E-state index contributed by atoms with van der Waals surface area (Å²) in [5.74, 6) is -0.134. The standard InChI is InChI=1S/C17H16N6OS2/c1-3-23-15(12-4-6-19-7-5-12)21-22-17(23)26-10-14(24)13(8-18)16-20-11(2)9-25-16/h4-7,9,13H,3,10H2,1-2H3/t13-/m1/s1. The number of ketones is 1. The maximum atomic E-state index is 12.5. The zero-order chi connectivity index (χ0) is 18.5. The Labute approximate surface area is 159 Å². The molecule has 3 aromatic rings. The summed E-state index contributed by atoms with van der Waals surface area (Å²) in [5.41, 5.74) is 1.74. The van der Waals surface area contributed by atoms with Gasteiger partial charge in [-0.3, -0.25) is 9.78 Å². The second-order valence-electron chi connectivity index (χ2n) is 5.43. The van der Waals surface area contributed by atoms with Crippen molar-refractivity contribution in [1.82, 2.24) is 24.7 Å². The molecule has 9 heteroatoms. The summed E-state index contributed by atoms with van der Waals surface area (Å²) in [6.07, 6.45) is 3.40.